The van der Waals surface area contributed by atoms with Gasteiger partial charge in [0.2, 0.25) is 17.7 Å². The number of thioether (sulfide) groups is 1. The fourth-order valence-corrected chi connectivity index (χ4v) is 7.31. The molecule has 3 heterocycles. The molecule has 0 aliphatic carbocycles. The number of hydrogen-bond donors (Lipinski definition) is 3. The van der Waals surface area contributed by atoms with Gasteiger partial charge in [-0.2, -0.15) is 0 Å². The predicted molar refractivity (Wildman–Crippen MR) is 104 cm³/mol. The molecule has 7 nitrogen and oxygen atoms in total. The van der Waals surface area contributed by atoms with E-state index in [4.69, 9.17) is 0 Å². The van der Waals surface area contributed by atoms with Gasteiger partial charge in [0.1, 0.15) is 6.04 Å². The van der Waals surface area contributed by atoms with Crippen LogP contribution in [-0.4, -0.2) is 70.0 Å². The third-order valence-corrected chi connectivity index (χ3v) is 8.31. The van der Waals surface area contributed by atoms with Gasteiger partial charge in [-0.05, 0) is 26.2 Å². The summed E-state index contributed by atoms with van der Waals surface area (Å²) in [6, 6.07) is -1.07. The van der Waals surface area contributed by atoms with E-state index in [2.05, 4.69) is 17.6 Å². The lowest BCUT2D eigenvalue weighted by Crippen LogP contribution is -2.56. The van der Waals surface area contributed by atoms with Crippen LogP contribution in [-0.2, 0) is 14.4 Å². The highest BCUT2D eigenvalue weighted by molar-refractivity contribution is 8.02. The highest BCUT2D eigenvalue weighted by Gasteiger charge is 2.73. The second-order valence-corrected chi connectivity index (χ2v) is 9.55. The predicted octanol–water partition coefficient (Wildman–Crippen LogP) is 0.511. The monoisotopic (exact) mass is 397 g/mol. The normalized spacial score (nSPS) is 35.3. The molecule has 3 aliphatic heterocycles. The number of carbonyl (C=O) groups excluding carboxylic acids is 3. The first-order chi connectivity index (χ1) is 12.9. The van der Waals surface area contributed by atoms with E-state index >= 15 is 0 Å². The van der Waals surface area contributed by atoms with E-state index in [9.17, 15) is 19.5 Å². The summed E-state index contributed by atoms with van der Waals surface area (Å²) in [6.07, 6.45) is 4.62. The molecule has 3 amide bonds. The van der Waals surface area contributed by atoms with Crippen molar-refractivity contribution in [1.29, 1.82) is 0 Å². The van der Waals surface area contributed by atoms with Gasteiger partial charge in [0.05, 0.1) is 29.2 Å². The van der Waals surface area contributed by atoms with Crippen LogP contribution in [0.15, 0.2) is 0 Å². The Balaban J connectivity index is 1.91. The van der Waals surface area contributed by atoms with Crippen LogP contribution in [0.4, 0.5) is 0 Å². The summed E-state index contributed by atoms with van der Waals surface area (Å²) in [4.78, 5) is 40.6. The Bertz CT molecular complexity index is 616. The first kappa shape index (κ1) is 20.5. The maximum Gasteiger partial charge on any atom is 0.244 e. The third-order valence-electron chi connectivity index (χ3n) is 6.35. The number of likely N-dealkylation sites (tertiary alicyclic amines) is 1. The molecule has 0 aromatic heterocycles. The lowest BCUT2D eigenvalue weighted by Gasteiger charge is -2.36. The number of hydrogen-bond acceptors (Lipinski definition) is 5. The van der Waals surface area contributed by atoms with Crippen LogP contribution >= 0.6 is 11.8 Å². The van der Waals surface area contributed by atoms with Crippen molar-refractivity contribution in [3.63, 3.8) is 0 Å². The number of nitrogens with zero attached hydrogens (tertiary/aromatic N) is 1. The third kappa shape index (κ3) is 3.14. The number of nitrogens with one attached hydrogen (secondary N) is 2. The Morgan fingerprint density at radius 3 is 2.74 bits per heavy atom. The van der Waals surface area contributed by atoms with Crippen molar-refractivity contribution in [3.8, 4) is 0 Å². The number of rotatable bonds is 8. The van der Waals surface area contributed by atoms with E-state index in [0.717, 1.165) is 32.1 Å². The molecule has 2 bridgehead atoms. The fraction of sp³-hybridized carbons (Fsp3) is 0.842. The lowest BCUT2D eigenvalue weighted by molar-refractivity contribution is -0.142. The zero-order valence-electron chi connectivity index (χ0n) is 16.4. The second-order valence-electron chi connectivity index (χ2n) is 7.95. The van der Waals surface area contributed by atoms with E-state index in [0.29, 0.717) is 6.54 Å². The van der Waals surface area contributed by atoms with Crippen LogP contribution in [0.25, 0.3) is 0 Å². The minimum Gasteiger partial charge on any atom is -0.394 e. The molecule has 3 N–H and O–H groups in total. The van der Waals surface area contributed by atoms with Crippen molar-refractivity contribution in [2.24, 2.45) is 11.8 Å². The van der Waals surface area contributed by atoms with Crippen LogP contribution < -0.4 is 10.6 Å². The molecule has 0 radical (unpaired) electrons. The molecule has 2 unspecified atom stereocenters. The molecule has 6 atom stereocenters. The van der Waals surface area contributed by atoms with Crippen LogP contribution in [0.1, 0.15) is 46.0 Å². The molecule has 1 spiro atoms. The van der Waals surface area contributed by atoms with Crippen molar-refractivity contribution in [2.75, 3.05) is 20.2 Å². The second kappa shape index (κ2) is 7.99. The topological polar surface area (TPSA) is 98.7 Å². The maximum absolute atomic E-state index is 13.3. The zero-order chi connectivity index (χ0) is 19.8. The smallest absolute Gasteiger partial charge is 0.244 e. The fourth-order valence-electron chi connectivity index (χ4n) is 5.10. The molecule has 3 rings (SSSR count). The van der Waals surface area contributed by atoms with Gasteiger partial charge in [0, 0.05) is 18.8 Å². The van der Waals surface area contributed by atoms with Crippen LogP contribution in [0.2, 0.25) is 0 Å². The summed E-state index contributed by atoms with van der Waals surface area (Å²) in [5.41, 5.74) is 0. The van der Waals surface area contributed by atoms with E-state index in [1.165, 1.54) is 0 Å². The summed E-state index contributed by atoms with van der Waals surface area (Å²) < 4.78 is -0.558. The molecule has 152 valence electrons. The molecular weight excluding hydrogens is 366 g/mol. The van der Waals surface area contributed by atoms with Gasteiger partial charge in [-0.25, -0.2) is 0 Å². The van der Waals surface area contributed by atoms with Gasteiger partial charge in [-0.3, -0.25) is 14.4 Å². The Kier molecular flexibility index (Phi) is 6.05. The standard InChI is InChI=1S/C19H31N3O4S/c1-4-5-6-9-21-17(25)15-19-8-7-12(27-19)13(16(24)20-3)14(19)18(26)22(15)11(2)10-23/h11-15,23H,4-10H2,1-3H3,(H,20,24)(H,21,25)/t11-,12+,13-,14+,15?,19?/m1/s1. The molecule has 3 saturated heterocycles. The summed E-state index contributed by atoms with van der Waals surface area (Å²) in [5, 5.41) is 15.5. The van der Waals surface area contributed by atoms with Crippen molar-refractivity contribution in [1.82, 2.24) is 15.5 Å². The molecule has 3 fully saturated rings. The van der Waals surface area contributed by atoms with E-state index < -0.39 is 28.7 Å². The van der Waals surface area contributed by atoms with Gasteiger partial charge in [0.25, 0.3) is 0 Å². The number of amides is 3. The number of fused-ring (bicyclic) bond motifs is 1. The van der Waals surface area contributed by atoms with Gasteiger partial charge in [-0.15, -0.1) is 11.8 Å². The largest absolute Gasteiger partial charge is 0.394 e. The summed E-state index contributed by atoms with van der Waals surface area (Å²) in [7, 11) is 1.59. The quantitative estimate of drug-likeness (QED) is 0.519. The maximum atomic E-state index is 13.3. The summed E-state index contributed by atoms with van der Waals surface area (Å²) in [6.45, 7) is 4.26. The molecule has 0 saturated carbocycles. The molecule has 8 heteroatoms. The number of aliphatic hydroxyl groups is 1. The zero-order valence-corrected chi connectivity index (χ0v) is 17.2. The molecule has 0 aromatic rings. The summed E-state index contributed by atoms with van der Waals surface area (Å²) >= 11 is 1.65. The Labute approximate surface area is 165 Å². The molecular formula is C19H31N3O4S. The van der Waals surface area contributed by atoms with Gasteiger partial charge in [-0.1, -0.05) is 19.8 Å². The molecule has 0 aromatic carbocycles. The van der Waals surface area contributed by atoms with Crippen LogP contribution in [0, 0.1) is 11.8 Å². The first-order valence-electron chi connectivity index (χ1n) is 10.0. The minimum atomic E-state index is -0.622. The number of aliphatic hydroxyl groups excluding tert-OH is 1. The van der Waals surface area contributed by atoms with Gasteiger partial charge >= 0.3 is 0 Å². The van der Waals surface area contributed by atoms with Gasteiger partial charge in [0.15, 0.2) is 0 Å². The van der Waals surface area contributed by atoms with Crippen molar-refractivity contribution in [2.45, 2.75) is 68.0 Å². The van der Waals surface area contributed by atoms with E-state index in [1.807, 2.05) is 0 Å². The highest BCUT2D eigenvalue weighted by Crippen LogP contribution is 2.66. The highest BCUT2D eigenvalue weighted by atomic mass is 32.2. The number of unbranched alkanes of at least 4 members (excludes halogenated alkanes) is 2. The van der Waals surface area contributed by atoms with E-state index in [1.54, 1.807) is 30.6 Å². The van der Waals surface area contributed by atoms with Crippen LogP contribution in [0.5, 0.6) is 0 Å². The summed E-state index contributed by atoms with van der Waals surface area (Å²) in [5.74, 6) is -1.30. The minimum absolute atomic E-state index is 0.0841. The Morgan fingerprint density at radius 1 is 1.37 bits per heavy atom. The lowest BCUT2D eigenvalue weighted by atomic mass is 9.71. The average Bonchev–Trinajstić information content (AvgIpc) is 3.31. The average molecular weight is 398 g/mol. The molecule has 3 aliphatic rings. The van der Waals surface area contributed by atoms with Crippen molar-refractivity contribution < 1.29 is 19.5 Å². The number of carbonyl (C=O) groups is 3. The van der Waals surface area contributed by atoms with Crippen LogP contribution in [0.3, 0.4) is 0 Å². The van der Waals surface area contributed by atoms with E-state index in [-0.39, 0.29) is 29.6 Å². The molecule has 27 heavy (non-hydrogen) atoms. The van der Waals surface area contributed by atoms with Crippen molar-refractivity contribution >= 4 is 29.5 Å². The Hall–Kier alpha value is -1.28. The SMILES string of the molecule is CCCCCNC(=O)C1N([C@H](C)CO)C(=O)[C@@H]2[C@H](C(=O)NC)[C@@H]3CCC12S3. The van der Waals surface area contributed by atoms with Crippen molar-refractivity contribution in [3.05, 3.63) is 0 Å². The Morgan fingerprint density at radius 2 is 2.11 bits per heavy atom. The van der Waals surface area contributed by atoms with Gasteiger partial charge < -0.3 is 20.6 Å². The first-order valence-corrected chi connectivity index (χ1v) is 10.9.